The number of ether oxygens (including phenoxy) is 1. The summed E-state index contributed by atoms with van der Waals surface area (Å²) in [6.07, 6.45) is 1.67. The number of phenols is 1. The van der Waals surface area contributed by atoms with E-state index in [1.807, 2.05) is 36.4 Å². The highest BCUT2D eigenvalue weighted by Gasteiger charge is 2.33. The number of hydrogen-bond acceptors (Lipinski definition) is 7. The second-order valence-corrected chi connectivity index (χ2v) is 10.2. The molecule has 1 aliphatic rings. The third-order valence-electron chi connectivity index (χ3n) is 6.13. The van der Waals surface area contributed by atoms with E-state index in [0.29, 0.717) is 26.2 Å². The van der Waals surface area contributed by atoms with Gasteiger partial charge in [-0.2, -0.15) is 0 Å². The lowest BCUT2D eigenvalue weighted by Gasteiger charge is -2.24. The minimum absolute atomic E-state index is 0.0955. The lowest BCUT2D eigenvalue weighted by Crippen LogP contribution is -2.39. The summed E-state index contributed by atoms with van der Waals surface area (Å²) in [6, 6.07) is 12.3. The number of esters is 1. The fraction of sp³-hybridized carbons (Fsp3) is 0.296. The Morgan fingerprint density at radius 2 is 1.89 bits per heavy atom. The van der Waals surface area contributed by atoms with Crippen LogP contribution in [0.3, 0.4) is 0 Å². The van der Waals surface area contributed by atoms with Crippen LogP contribution < -0.4 is 19.8 Å². The fourth-order valence-corrected chi connectivity index (χ4v) is 5.63. The van der Waals surface area contributed by atoms with Crippen LogP contribution >= 0.6 is 27.3 Å². The monoisotopic (exact) mass is 569 g/mol. The van der Waals surface area contributed by atoms with Gasteiger partial charge in [-0.25, -0.2) is 9.79 Å². The average molecular weight is 571 g/mol. The molecule has 9 heteroatoms. The number of hydrogen-bond donors (Lipinski definition) is 1. The van der Waals surface area contributed by atoms with Crippen LogP contribution in [0.4, 0.5) is 5.69 Å². The number of carbonyl (C=O) groups excluding carboxylic acids is 1. The molecule has 3 aromatic rings. The fourth-order valence-electron chi connectivity index (χ4n) is 4.33. The Morgan fingerprint density at radius 1 is 1.19 bits per heavy atom. The second-order valence-electron chi connectivity index (χ2n) is 8.27. The molecule has 1 atom stereocenters. The third kappa shape index (κ3) is 4.90. The highest BCUT2D eigenvalue weighted by atomic mass is 79.9. The molecule has 0 radical (unpaired) electrons. The Hall–Kier alpha value is -3.17. The normalized spacial score (nSPS) is 15.5. The van der Waals surface area contributed by atoms with Crippen LogP contribution in [0.5, 0.6) is 5.75 Å². The van der Waals surface area contributed by atoms with Gasteiger partial charge >= 0.3 is 5.97 Å². The van der Waals surface area contributed by atoms with Crippen molar-refractivity contribution in [2.24, 2.45) is 4.99 Å². The number of carbonyl (C=O) groups is 1. The first-order valence-corrected chi connectivity index (χ1v) is 13.4. The molecule has 0 saturated heterocycles. The van der Waals surface area contributed by atoms with Crippen LogP contribution in [-0.2, 0) is 9.53 Å². The molecule has 1 unspecified atom stereocenters. The molecule has 36 heavy (non-hydrogen) atoms. The van der Waals surface area contributed by atoms with E-state index in [-0.39, 0.29) is 17.9 Å². The van der Waals surface area contributed by atoms with E-state index in [1.165, 1.54) is 11.3 Å². The minimum atomic E-state index is -0.672. The first kappa shape index (κ1) is 25.9. The molecule has 1 aliphatic heterocycles. The Kier molecular flexibility index (Phi) is 7.80. The predicted octanol–water partition coefficient (Wildman–Crippen LogP) is 4.11. The minimum Gasteiger partial charge on any atom is -0.507 e. The van der Waals surface area contributed by atoms with Crippen molar-refractivity contribution in [3.05, 3.63) is 89.0 Å². The van der Waals surface area contributed by atoms with Gasteiger partial charge in [-0.15, -0.1) is 0 Å². The first-order valence-electron chi connectivity index (χ1n) is 11.8. The number of aromatic hydroxyl groups is 1. The molecule has 0 saturated carbocycles. The standard InChI is InChI=1S/C27H28BrN3O4S/c1-5-30(6-2)20-13-10-18(21(32)15-20)14-22-25(33)31-24(17-8-11-19(28)12-9-17)23(26(34)35-7-3)16(4)29-27(31)36-22/h8-15,24,32H,5-7H2,1-4H3. The maximum Gasteiger partial charge on any atom is 0.338 e. The molecule has 0 fully saturated rings. The maximum atomic E-state index is 13.7. The van der Waals surface area contributed by atoms with Crippen LogP contribution in [0.2, 0.25) is 0 Å². The van der Waals surface area contributed by atoms with Gasteiger partial charge in [-0.3, -0.25) is 9.36 Å². The number of rotatable bonds is 7. The number of halogens is 1. The summed E-state index contributed by atoms with van der Waals surface area (Å²) in [5.41, 5.74) is 2.80. The molecule has 1 aromatic heterocycles. The highest BCUT2D eigenvalue weighted by Crippen LogP contribution is 2.31. The van der Waals surface area contributed by atoms with Crippen molar-refractivity contribution >= 4 is 45.0 Å². The van der Waals surface area contributed by atoms with Gasteiger partial charge in [0.05, 0.1) is 28.5 Å². The zero-order valence-electron chi connectivity index (χ0n) is 20.6. The number of benzene rings is 2. The molecular weight excluding hydrogens is 542 g/mol. The number of allylic oxidation sites excluding steroid dienone is 1. The Labute approximate surface area is 221 Å². The van der Waals surface area contributed by atoms with Crippen molar-refractivity contribution in [3.8, 4) is 5.75 Å². The summed E-state index contributed by atoms with van der Waals surface area (Å²) >= 11 is 4.68. The van der Waals surface area contributed by atoms with Gasteiger partial charge in [0.2, 0.25) is 0 Å². The van der Waals surface area contributed by atoms with Crippen LogP contribution in [0.1, 0.15) is 44.9 Å². The largest absolute Gasteiger partial charge is 0.507 e. The number of phenolic OH excluding ortho intramolecular Hbond substituents is 1. The highest BCUT2D eigenvalue weighted by molar-refractivity contribution is 9.10. The first-order chi connectivity index (χ1) is 17.3. The summed E-state index contributed by atoms with van der Waals surface area (Å²) in [4.78, 5) is 33.9. The smallest absolute Gasteiger partial charge is 0.338 e. The number of anilines is 1. The Balaban J connectivity index is 1.88. The quantitative estimate of drug-likeness (QED) is 0.433. The molecule has 0 bridgehead atoms. The van der Waals surface area contributed by atoms with E-state index in [1.54, 1.807) is 30.6 Å². The van der Waals surface area contributed by atoms with E-state index >= 15 is 0 Å². The summed E-state index contributed by atoms with van der Waals surface area (Å²) in [5.74, 6) is -0.399. The zero-order chi connectivity index (χ0) is 26.0. The van der Waals surface area contributed by atoms with Gasteiger partial charge in [0.1, 0.15) is 5.75 Å². The van der Waals surface area contributed by atoms with E-state index < -0.39 is 12.0 Å². The molecule has 188 valence electrons. The van der Waals surface area contributed by atoms with Gasteiger partial charge in [0.25, 0.3) is 5.56 Å². The van der Waals surface area contributed by atoms with Gasteiger partial charge in [-0.05, 0) is 63.6 Å². The SMILES string of the molecule is CCOC(=O)C1=C(C)N=c2sc(=Cc3ccc(N(CC)CC)cc3O)c(=O)n2C1c1ccc(Br)cc1. The van der Waals surface area contributed by atoms with E-state index in [2.05, 4.69) is 39.7 Å². The summed E-state index contributed by atoms with van der Waals surface area (Å²) < 4.78 is 8.17. The molecule has 1 N–H and O–H groups in total. The lowest BCUT2D eigenvalue weighted by atomic mass is 9.96. The van der Waals surface area contributed by atoms with E-state index in [4.69, 9.17) is 4.74 Å². The van der Waals surface area contributed by atoms with E-state index in [0.717, 1.165) is 28.8 Å². The van der Waals surface area contributed by atoms with Crippen molar-refractivity contribution in [2.45, 2.75) is 33.7 Å². The van der Waals surface area contributed by atoms with Crippen molar-refractivity contribution in [1.29, 1.82) is 0 Å². The zero-order valence-corrected chi connectivity index (χ0v) is 23.0. The third-order valence-corrected chi connectivity index (χ3v) is 7.64. The summed E-state index contributed by atoms with van der Waals surface area (Å²) in [5, 5.41) is 10.7. The number of nitrogens with zero attached hydrogens (tertiary/aromatic N) is 3. The maximum absolute atomic E-state index is 13.7. The number of aromatic nitrogens is 1. The Morgan fingerprint density at radius 3 is 2.50 bits per heavy atom. The van der Waals surface area contributed by atoms with Crippen molar-refractivity contribution in [1.82, 2.24) is 4.57 Å². The number of thiazole rings is 1. The van der Waals surface area contributed by atoms with Gasteiger partial charge in [0, 0.05) is 34.9 Å². The molecule has 2 heterocycles. The molecule has 4 rings (SSSR count). The van der Waals surface area contributed by atoms with Crippen LogP contribution in [-0.4, -0.2) is 35.3 Å². The topological polar surface area (TPSA) is 84.1 Å². The van der Waals surface area contributed by atoms with Crippen LogP contribution in [0.15, 0.2) is 68.0 Å². The summed E-state index contributed by atoms with van der Waals surface area (Å²) in [6.45, 7) is 9.49. The second kappa shape index (κ2) is 10.8. The van der Waals surface area contributed by atoms with Crippen molar-refractivity contribution in [3.63, 3.8) is 0 Å². The lowest BCUT2D eigenvalue weighted by molar-refractivity contribution is -0.139. The molecule has 7 nitrogen and oxygen atoms in total. The molecule has 0 amide bonds. The molecular formula is C27H28BrN3O4S. The summed E-state index contributed by atoms with van der Waals surface area (Å²) in [7, 11) is 0. The van der Waals surface area contributed by atoms with Gasteiger partial charge < -0.3 is 14.7 Å². The Bertz CT molecular complexity index is 1500. The average Bonchev–Trinajstić information content (AvgIpc) is 3.15. The molecule has 0 aliphatic carbocycles. The van der Waals surface area contributed by atoms with Crippen molar-refractivity contribution < 1.29 is 14.6 Å². The molecule has 2 aromatic carbocycles. The van der Waals surface area contributed by atoms with Crippen LogP contribution in [0, 0.1) is 0 Å². The van der Waals surface area contributed by atoms with Crippen LogP contribution in [0.25, 0.3) is 6.08 Å². The predicted molar refractivity (Wildman–Crippen MR) is 146 cm³/mol. The van der Waals surface area contributed by atoms with E-state index in [9.17, 15) is 14.7 Å². The van der Waals surface area contributed by atoms with Gasteiger partial charge in [0.15, 0.2) is 4.80 Å². The molecule has 0 spiro atoms. The van der Waals surface area contributed by atoms with Crippen molar-refractivity contribution in [2.75, 3.05) is 24.6 Å². The number of fused-ring (bicyclic) bond motifs is 1. The van der Waals surface area contributed by atoms with Gasteiger partial charge in [-0.1, -0.05) is 39.4 Å².